The van der Waals surface area contributed by atoms with E-state index in [1.165, 1.54) is 6.42 Å². The molecule has 0 amide bonds. The largest absolute Gasteiger partial charge is 0.487 e. The number of anilines is 1. The molecule has 2 N–H and O–H groups in total. The molecule has 0 atom stereocenters. The Hall–Kier alpha value is -4.39. The highest BCUT2D eigenvalue weighted by molar-refractivity contribution is 6.02. The molecule has 1 saturated carbocycles. The minimum absolute atomic E-state index is 0.172. The lowest BCUT2D eigenvalue weighted by Crippen LogP contribution is -2.18. The summed E-state index contributed by atoms with van der Waals surface area (Å²) in [4.78, 5) is 16.5. The number of rotatable bonds is 8. The van der Waals surface area contributed by atoms with Crippen molar-refractivity contribution in [2.75, 3.05) is 12.3 Å². The van der Waals surface area contributed by atoms with Gasteiger partial charge in [-0.05, 0) is 73.9 Å². The fourth-order valence-electron chi connectivity index (χ4n) is 5.37. The number of carbonyl (C=O) groups excluding carboxylic acids is 1. The van der Waals surface area contributed by atoms with Gasteiger partial charge < -0.3 is 15.2 Å². The molecule has 6 rings (SSSR count). The third-order valence-electron chi connectivity index (χ3n) is 7.57. The Morgan fingerprint density at radius 2 is 1.92 bits per heavy atom. The topological polar surface area (TPSA) is 92.3 Å². The monoisotopic (exact) mass is 520 g/mol. The van der Waals surface area contributed by atoms with E-state index in [-0.39, 0.29) is 12.4 Å². The molecule has 198 valence electrons. The number of pyridine rings is 1. The van der Waals surface area contributed by atoms with E-state index >= 15 is 0 Å². The second kappa shape index (κ2) is 10.4. The highest BCUT2D eigenvalue weighted by Crippen LogP contribution is 2.38. The van der Waals surface area contributed by atoms with Crippen molar-refractivity contribution in [1.82, 2.24) is 14.8 Å². The fraction of sp³-hybridized carbons (Fsp3) is 0.281. The first-order chi connectivity index (χ1) is 19.0. The van der Waals surface area contributed by atoms with Gasteiger partial charge in [0.1, 0.15) is 23.9 Å². The number of hydrogen-bond donors (Lipinski definition) is 1. The molecule has 0 radical (unpaired) electrons. The summed E-state index contributed by atoms with van der Waals surface area (Å²) in [7, 11) is 0. The molecule has 1 aliphatic carbocycles. The van der Waals surface area contributed by atoms with Gasteiger partial charge in [-0.2, -0.15) is 5.10 Å². The number of nitrogens with two attached hydrogens (primary N) is 1. The van der Waals surface area contributed by atoms with Crippen LogP contribution in [0.4, 0.5) is 5.82 Å². The number of esters is 1. The molecule has 7 heteroatoms. The van der Waals surface area contributed by atoms with Crippen LogP contribution in [0.15, 0.2) is 66.9 Å². The number of ether oxygens (including phenoxy) is 2. The molecule has 3 aromatic carbocycles. The Bertz CT molecular complexity index is 1690. The molecule has 0 spiro atoms. The number of nitrogen functional groups attached to an aromatic ring is 1. The lowest BCUT2D eigenvalue weighted by Gasteiger charge is -2.26. The molecule has 0 saturated heterocycles. The zero-order chi connectivity index (χ0) is 26.9. The highest BCUT2D eigenvalue weighted by Gasteiger charge is 2.24. The van der Waals surface area contributed by atoms with Gasteiger partial charge in [0.05, 0.1) is 24.6 Å². The second-order valence-electron chi connectivity index (χ2n) is 10.2. The maximum Gasteiger partial charge on any atom is 0.310 e. The van der Waals surface area contributed by atoms with Crippen LogP contribution in [-0.4, -0.2) is 27.3 Å². The van der Waals surface area contributed by atoms with Crippen LogP contribution in [0.3, 0.4) is 0 Å². The summed E-state index contributed by atoms with van der Waals surface area (Å²) in [6.07, 6.45) is 5.42. The Kier molecular flexibility index (Phi) is 6.65. The van der Waals surface area contributed by atoms with Gasteiger partial charge in [0.25, 0.3) is 0 Å². The minimum atomic E-state index is -0.261. The number of aromatic nitrogens is 3. The number of carbonyl (C=O) groups is 1. The molecular weight excluding hydrogens is 488 g/mol. The second-order valence-corrected chi connectivity index (χ2v) is 10.2. The van der Waals surface area contributed by atoms with E-state index in [1.807, 2.05) is 50.2 Å². The van der Waals surface area contributed by atoms with Gasteiger partial charge in [-0.3, -0.25) is 9.48 Å². The van der Waals surface area contributed by atoms with Crippen molar-refractivity contribution in [3.8, 4) is 16.9 Å². The van der Waals surface area contributed by atoms with Gasteiger partial charge in [0, 0.05) is 22.5 Å². The van der Waals surface area contributed by atoms with Gasteiger partial charge in [0.15, 0.2) is 0 Å². The van der Waals surface area contributed by atoms with E-state index in [1.54, 1.807) is 6.20 Å². The summed E-state index contributed by atoms with van der Waals surface area (Å²) in [6.45, 7) is 4.47. The Labute approximate surface area is 227 Å². The van der Waals surface area contributed by atoms with E-state index in [0.29, 0.717) is 30.8 Å². The highest BCUT2D eigenvalue weighted by atomic mass is 16.5. The van der Waals surface area contributed by atoms with Gasteiger partial charge in [-0.25, -0.2) is 4.98 Å². The lowest BCUT2D eigenvalue weighted by atomic mass is 9.93. The summed E-state index contributed by atoms with van der Waals surface area (Å²) in [5.41, 5.74) is 12.2. The van der Waals surface area contributed by atoms with Gasteiger partial charge in [-0.15, -0.1) is 0 Å². The van der Waals surface area contributed by atoms with Crippen molar-refractivity contribution >= 4 is 33.5 Å². The van der Waals surface area contributed by atoms with E-state index in [9.17, 15) is 4.79 Å². The SMILES string of the molecule is CCOC(=O)Cc1cc(C)ccc1OCc1nn(C2CCC2)c2ccc(-c3cccc4c(N)nccc34)cc12. The van der Waals surface area contributed by atoms with Crippen molar-refractivity contribution in [3.05, 3.63) is 83.7 Å². The zero-order valence-electron chi connectivity index (χ0n) is 22.3. The molecule has 0 aliphatic heterocycles. The molecule has 0 bridgehead atoms. The predicted octanol–water partition coefficient (Wildman–Crippen LogP) is 6.55. The number of hydrogen-bond acceptors (Lipinski definition) is 6. The van der Waals surface area contributed by atoms with Crippen molar-refractivity contribution in [3.63, 3.8) is 0 Å². The molecule has 2 heterocycles. The molecule has 2 aromatic heterocycles. The molecule has 0 unspecified atom stereocenters. The Morgan fingerprint density at radius 3 is 2.72 bits per heavy atom. The molecule has 39 heavy (non-hydrogen) atoms. The fourth-order valence-corrected chi connectivity index (χ4v) is 5.37. The van der Waals surface area contributed by atoms with Crippen LogP contribution >= 0.6 is 0 Å². The predicted molar refractivity (Wildman–Crippen MR) is 154 cm³/mol. The minimum Gasteiger partial charge on any atom is -0.487 e. The van der Waals surface area contributed by atoms with Crippen LogP contribution in [-0.2, 0) is 22.6 Å². The first-order valence-corrected chi connectivity index (χ1v) is 13.5. The average Bonchev–Trinajstić information content (AvgIpc) is 3.24. The smallest absolute Gasteiger partial charge is 0.310 e. The normalized spacial score (nSPS) is 13.5. The van der Waals surface area contributed by atoms with Crippen LogP contribution in [0, 0.1) is 6.92 Å². The maximum absolute atomic E-state index is 12.2. The quantitative estimate of drug-likeness (QED) is 0.233. The van der Waals surface area contributed by atoms with Crippen molar-refractivity contribution < 1.29 is 14.3 Å². The molecule has 5 aromatic rings. The lowest BCUT2D eigenvalue weighted by molar-refractivity contribution is -0.142. The summed E-state index contributed by atoms with van der Waals surface area (Å²) in [5.74, 6) is 0.940. The van der Waals surface area contributed by atoms with E-state index in [2.05, 4.69) is 33.9 Å². The third-order valence-corrected chi connectivity index (χ3v) is 7.57. The number of nitrogens with zero attached hydrogens (tertiary/aromatic N) is 3. The molecular formula is C32H32N4O3. The first-order valence-electron chi connectivity index (χ1n) is 13.5. The molecule has 1 fully saturated rings. The average molecular weight is 521 g/mol. The van der Waals surface area contributed by atoms with Crippen LogP contribution in [0.25, 0.3) is 32.8 Å². The Morgan fingerprint density at radius 1 is 1.05 bits per heavy atom. The van der Waals surface area contributed by atoms with Crippen molar-refractivity contribution in [2.45, 2.75) is 52.2 Å². The van der Waals surface area contributed by atoms with E-state index in [0.717, 1.165) is 62.5 Å². The summed E-state index contributed by atoms with van der Waals surface area (Å²) >= 11 is 0. The number of fused-ring (bicyclic) bond motifs is 2. The Balaban J connectivity index is 1.38. The van der Waals surface area contributed by atoms with Crippen LogP contribution in [0.1, 0.15) is 49.0 Å². The van der Waals surface area contributed by atoms with Crippen molar-refractivity contribution in [1.29, 1.82) is 0 Å². The van der Waals surface area contributed by atoms with Gasteiger partial charge in [0.2, 0.25) is 0 Å². The van der Waals surface area contributed by atoms with E-state index < -0.39 is 0 Å². The standard InChI is InChI=1S/C32H32N4O3/c1-3-38-31(37)18-22-16-20(2)10-13-30(22)39-19-28-27-17-21(11-12-29(27)36(35-28)23-6-4-7-23)24-8-5-9-26-25(24)14-15-34-32(26)33/h5,8-17,23H,3-4,6-7,18-19H2,1-2H3,(H2,33,34). The third kappa shape index (κ3) is 4.80. The summed E-state index contributed by atoms with van der Waals surface area (Å²) in [5, 5.41) is 8.12. The number of aryl methyl sites for hydroxylation is 1. The molecule has 7 nitrogen and oxygen atoms in total. The van der Waals surface area contributed by atoms with E-state index in [4.69, 9.17) is 20.3 Å². The van der Waals surface area contributed by atoms with Crippen molar-refractivity contribution in [2.24, 2.45) is 0 Å². The number of benzene rings is 3. The van der Waals surface area contributed by atoms with Crippen LogP contribution in [0.2, 0.25) is 0 Å². The first kappa shape index (κ1) is 24.9. The van der Waals surface area contributed by atoms with Gasteiger partial charge in [-0.1, -0.05) is 42.0 Å². The van der Waals surface area contributed by atoms with Crippen LogP contribution in [0.5, 0.6) is 5.75 Å². The molecule has 1 aliphatic rings. The summed E-state index contributed by atoms with van der Waals surface area (Å²) < 4.78 is 13.7. The zero-order valence-corrected chi connectivity index (χ0v) is 22.3. The van der Waals surface area contributed by atoms with Gasteiger partial charge >= 0.3 is 5.97 Å². The van der Waals surface area contributed by atoms with Crippen LogP contribution < -0.4 is 10.5 Å². The maximum atomic E-state index is 12.2. The summed E-state index contributed by atoms with van der Waals surface area (Å²) in [6, 6.07) is 21.0.